The van der Waals surface area contributed by atoms with Crippen LogP contribution in [0.2, 0.25) is 0 Å². The maximum Gasteiger partial charge on any atom is 0.297 e. The highest BCUT2D eigenvalue weighted by molar-refractivity contribution is 7.86. The summed E-state index contributed by atoms with van der Waals surface area (Å²) in [6.45, 7) is 3.97. The normalized spacial score (nSPS) is 15.5. The summed E-state index contributed by atoms with van der Waals surface area (Å²) in [5, 5.41) is 0. The van der Waals surface area contributed by atoms with Gasteiger partial charge in [0.25, 0.3) is 10.1 Å². The Hall–Kier alpha value is -2.83. The van der Waals surface area contributed by atoms with Crippen LogP contribution in [-0.4, -0.2) is 22.6 Å². The molecule has 1 atom stereocenters. The highest BCUT2D eigenvalue weighted by Crippen LogP contribution is 2.47. The second-order valence-electron chi connectivity index (χ2n) is 7.47. The van der Waals surface area contributed by atoms with Gasteiger partial charge in [-0.1, -0.05) is 42.0 Å². The van der Waals surface area contributed by atoms with E-state index >= 15 is 0 Å². The monoisotopic (exact) mass is 424 g/mol. The third-order valence-electron chi connectivity index (χ3n) is 5.37. The van der Waals surface area contributed by atoms with E-state index in [4.69, 9.17) is 13.7 Å². The Kier molecular flexibility index (Phi) is 5.30. The molecule has 1 heterocycles. The highest BCUT2D eigenvalue weighted by Gasteiger charge is 2.32. The zero-order chi connectivity index (χ0) is 21.5. The fourth-order valence-corrected chi connectivity index (χ4v) is 4.89. The lowest BCUT2D eigenvalue weighted by atomic mass is 9.96. The van der Waals surface area contributed by atoms with E-state index in [1.54, 1.807) is 19.2 Å². The van der Waals surface area contributed by atoms with Gasteiger partial charge in [-0.05, 0) is 43.2 Å². The number of ether oxygens (including phenoxy) is 2. The van der Waals surface area contributed by atoms with Gasteiger partial charge >= 0.3 is 0 Å². The van der Waals surface area contributed by atoms with Crippen molar-refractivity contribution >= 4 is 10.1 Å². The van der Waals surface area contributed by atoms with Crippen LogP contribution in [0.15, 0.2) is 59.5 Å². The predicted molar refractivity (Wildman–Crippen MR) is 116 cm³/mol. The molecule has 1 aliphatic heterocycles. The first kappa shape index (κ1) is 20.4. The summed E-state index contributed by atoms with van der Waals surface area (Å²) in [6, 6.07) is 17.2. The molecule has 0 N–H and O–H groups in total. The fraction of sp³-hybridized carbons (Fsp3) is 0.250. The molecule has 0 spiro atoms. The summed E-state index contributed by atoms with van der Waals surface area (Å²) in [6.07, 6.45) is 0.157. The van der Waals surface area contributed by atoms with Crippen molar-refractivity contribution in [2.24, 2.45) is 0 Å². The van der Waals surface area contributed by atoms with Crippen molar-refractivity contribution in [2.45, 2.75) is 31.3 Å². The second-order valence-corrected chi connectivity index (χ2v) is 9.16. The summed E-state index contributed by atoms with van der Waals surface area (Å²) >= 11 is 0. The quantitative estimate of drug-likeness (QED) is 0.540. The van der Waals surface area contributed by atoms with Gasteiger partial charge in [0.15, 0.2) is 0 Å². The van der Waals surface area contributed by atoms with Crippen molar-refractivity contribution in [3.63, 3.8) is 0 Å². The van der Waals surface area contributed by atoms with Gasteiger partial charge in [0.05, 0.1) is 14.2 Å². The Morgan fingerprint density at radius 3 is 2.43 bits per heavy atom. The molecule has 0 amide bonds. The third kappa shape index (κ3) is 3.57. The molecule has 5 nitrogen and oxygen atoms in total. The lowest BCUT2D eigenvalue weighted by molar-refractivity contribution is 0.235. The number of para-hydroxylation sites is 1. The molecule has 0 fully saturated rings. The van der Waals surface area contributed by atoms with Gasteiger partial charge in [-0.2, -0.15) is 8.42 Å². The third-order valence-corrected chi connectivity index (χ3v) is 6.72. The molecule has 1 aliphatic rings. The summed E-state index contributed by atoms with van der Waals surface area (Å²) in [5.74, 6) is 1.52. The predicted octanol–water partition coefficient (Wildman–Crippen LogP) is 4.99. The molecular formula is C24H24O5S. The molecule has 0 saturated carbocycles. The van der Waals surface area contributed by atoms with Crippen LogP contribution in [0.4, 0.5) is 0 Å². The van der Waals surface area contributed by atoms with E-state index in [0.29, 0.717) is 12.0 Å². The molecule has 0 aliphatic carbocycles. The van der Waals surface area contributed by atoms with Gasteiger partial charge in [0.1, 0.15) is 22.5 Å². The van der Waals surface area contributed by atoms with Crippen LogP contribution in [0.5, 0.6) is 11.5 Å². The van der Waals surface area contributed by atoms with Crippen LogP contribution >= 0.6 is 0 Å². The van der Waals surface area contributed by atoms with Crippen LogP contribution in [0.3, 0.4) is 0 Å². The molecular weight excluding hydrogens is 400 g/mol. The molecule has 156 valence electrons. The number of benzene rings is 3. The van der Waals surface area contributed by atoms with Crippen molar-refractivity contribution < 1.29 is 22.1 Å². The van der Waals surface area contributed by atoms with E-state index in [-0.39, 0.29) is 4.90 Å². The SMILES string of the molecule is COc1ccccc1-c1cc(C)cc2c1OC(c1cc(C)ccc1S(=O)(=O)OC)C2. The topological polar surface area (TPSA) is 61.8 Å². The van der Waals surface area contributed by atoms with E-state index in [9.17, 15) is 8.42 Å². The summed E-state index contributed by atoms with van der Waals surface area (Å²) in [5.41, 5.74) is 5.59. The molecule has 0 radical (unpaired) electrons. The average Bonchev–Trinajstić information content (AvgIpc) is 3.16. The molecule has 1 unspecified atom stereocenters. The molecule has 0 bridgehead atoms. The second kappa shape index (κ2) is 7.78. The standard InChI is InChI=1S/C24H24O5S/c1-15-9-10-23(30(25,26)28-4)20(12-15)22-14-17-11-16(2)13-19(24(17)29-22)18-7-5-6-8-21(18)27-3/h5-13,22H,14H2,1-4H3. The van der Waals surface area contributed by atoms with Crippen molar-refractivity contribution in [3.05, 3.63) is 76.9 Å². The van der Waals surface area contributed by atoms with E-state index in [0.717, 1.165) is 39.3 Å². The molecule has 4 rings (SSSR count). The lowest BCUT2D eigenvalue weighted by Crippen LogP contribution is -2.12. The van der Waals surface area contributed by atoms with Gasteiger partial charge in [0.2, 0.25) is 0 Å². The van der Waals surface area contributed by atoms with Crippen LogP contribution in [0, 0.1) is 13.8 Å². The minimum atomic E-state index is -3.85. The summed E-state index contributed by atoms with van der Waals surface area (Å²) in [7, 11) is -1.03. The molecule has 6 heteroatoms. The minimum absolute atomic E-state index is 0.143. The van der Waals surface area contributed by atoms with E-state index in [1.165, 1.54) is 7.11 Å². The van der Waals surface area contributed by atoms with E-state index < -0.39 is 16.2 Å². The van der Waals surface area contributed by atoms with Gasteiger partial charge in [-0.25, -0.2) is 0 Å². The first-order chi connectivity index (χ1) is 14.3. The van der Waals surface area contributed by atoms with Gasteiger partial charge in [-0.3, -0.25) is 4.18 Å². The van der Waals surface area contributed by atoms with E-state index in [2.05, 4.69) is 12.1 Å². The number of aryl methyl sites for hydroxylation is 2. The van der Waals surface area contributed by atoms with Crippen LogP contribution in [0.1, 0.15) is 28.4 Å². The Bertz CT molecular complexity index is 1210. The molecule has 0 aromatic heterocycles. The Balaban J connectivity index is 1.83. The summed E-state index contributed by atoms with van der Waals surface area (Å²) < 4.78 is 41.7. The maximum atomic E-state index is 12.5. The first-order valence-corrected chi connectivity index (χ1v) is 11.1. The van der Waals surface area contributed by atoms with Gasteiger partial charge in [0, 0.05) is 23.1 Å². The first-order valence-electron chi connectivity index (χ1n) is 9.69. The van der Waals surface area contributed by atoms with Crippen molar-refractivity contribution in [1.29, 1.82) is 0 Å². The Morgan fingerprint density at radius 1 is 0.933 bits per heavy atom. The summed E-state index contributed by atoms with van der Waals surface area (Å²) in [4.78, 5) is 0.143. The van der Waals surface area contributed by atoms with Crippen molar-refractivity contribution in [2.75, 3.05) is 14.2 Å². The molecule has 3 aromatic carbocycles. The molecule has 30 heavy (non-hydrogen) atoms. The number of hydrogen-bond acceptors (Lipinski definition) is 5. The van der Waals surface area contributed by atoms with Crippen LogP contribution in [0.25, 0.3) is 11.1 Å². The van der Waals surface area contributed by atoms with Gasteiger partial charge in [-0.15, -0.1) is 0 Å². The maximum absolute atomic E-state index is 12.5. The van der Waals surface area contributed by atoms with Crippen molar-refractivity contribution in [3.8, 4) is 22.6 Å². The smallest absolute Gasteiger partial charge is 0.297 e. The zero-order valence-corrected chi connectivity index (χ0v) is 18.2. The van der Waals surface area contributed by atoms with Gasteiger partial charge < -0.3 is 9.47 Å². The highest BCUT2D eigenvalue weighted by atomic mass is 32.2. The number of methoxy groups -OCH3 is 1. The van der Waals surface area contributed by atoms with Crippen LogP contribution in [-0.2, 0) is 20.7 Å². The number of rotatable bonds is 5. The van der Waals surface area contributed by atoms with E-state index in [1.807, 2.05) is 44.2 Å². The number of hydrogen-bond donors (Lipinski definition) is 0. The largest absolute Gasteiger partial charge is 0.496 e. The zero-order valence-electron chi connectivity index (χ0n) is 17.4. The Morgan fingerprint density at radius 2 is 1.70 bits per heavy atom. The Labute approximate surface area is 177 Å². The molecule has 3 aromatic rings. The fourth-order valence-electron chi connectivity index (χ4n) is 4.00. The average molecular weight is 425 g/mol. The lowest BCUT2D eigenvalue weighted by Gasteiger charge is -2.17. The van der Waals surface area contributed by atoms with Crippen molar-refractivity contribution in [1.82, 2.24) is 0 Å². The molecule has 0 saturated heterocycles. The number of fused-ring (bicyclic) bond motifs is 1. The minimum Gasteiger partial charge on any atom is -0.496 e. The van der Waals surface area contributed by atoms with Crippen LogP contribution < -0.4 is 9.47 Å².